The molecule has 0 saturated carbocycles. The van der Waals surface area contributed by atoms with E-state index in [1.165, 1.54) is 12.1 Å². The van der Waals surface area contributed by atoms with Gasteiger partial charge in [0.25, 0.3) is 0 Å². The summed E-state index contributed by atoms with van der Waals surface area (Å²) in [6, 6.07) is 14.2. The molecule has 2 aromatic carbocycles. The molecule has 0 aliphatic rings. The number of halogens is 4. The molecule has 0 amide bonds. The van der Waals surface area contributed by atoms with Gasteiger partial charge in [0.2, 0.25) is 0 Å². The molecule has 0 saturated heterocycles. The second-order valence-corrected chi connectivity index (χ2v) is 5.52. The van der Waals surface area contributed by atoms with Crippen LogP contribution in [0.1, 0.15) is 10.8 Å². The Balaban J connectivity index is 2.27. The van der Waals surface area contributed by atoms with Crippen molar-refractivity contribution in [2.24, 2.45) is 0 Å². The molecule has 0 N–H and O–H groups in total. The van der Waals surface area contributed by atoms with Gasteiger partial charge in [0.05, 0.1) is 0 Å². The van der Waals surface area contributed by atoms with Crippen LogP contribution in [-0.2, 0) is 0 Å². The summed E-state index contributed by atoms with van der Waals surface area (Å²) in [6.07, 6.45) is -4.30. The van der Waals surface area contributed by atoms with Gasteiger partial charge >= 0.3 is 6.18 Å². The number of rotatable bonds is 3. The first-order valence-electron chi connectivity index (χ1n) is 5.51. The average Bonchev–Trinajstić information content (AvgIpc) is 2.37. The van der Waals surface area contributed by atoms with Crippen molar-refractivity contribution in [3.63, 3.8) is 0 Å². The van der Waals surface area contributed by atoms with E-state index in [0.29, 0.717) is 9.92 Å². The van der Waals surface area contributed by atoms with Crippen molar-refractivity contribution in [1.82, 2.24) is 0 Å². The Hall–Kier alpha value is -1.13. The molecule has 0 nitrogen and oxygen atoms in total. The summed E-state index contributed by atoms with van der Waals surface area (Å²) < 4.78 is 39.4. The van der Waals surface area contributed by atoms with E-state index in [0.717, 1.165) is 11.8 Å². The summed E-state index contributed by atoms with van der Waals surface area (Å²) in [5.74, 6) is 0. The van der Waals surface area contributed by atoms with Crippen LogP contribution in [-0.4, -0.2) is 6.18 Å². The topological polar surface area (TPSA) is 0 Å². The third-order valence-electron chi connectivity index (χ3n) is 2.47. The fraction of sp³-hybridized carbons (Fsp3) is 0.143. The number of thioether (sulfide) groups is 1. The first-order chi connectivity index (χ1) is 8.97. The molecule has 2 rings (SSSR count). The largest absolute Gasteiger partial charge is 0.404 e. The summed E-state index contributed by atoms with van der Waals surface area (Å²) >= 11 is 6.50. The Bertz CT molecular complexity index is 523. The van der Waals surface area contributed by atoms with Crippen LogP contribution >= 0.6 is 23.4 Å². The molecule has 1 atom stereocenters. The van der Waals surface area contributed by atoms with Crippen LogP contribution in [0.25, 0.3) is 0 Å². The number of hydrogen-bond acceptors (Lipinski definition) is 1. The maximum atomic E-state index is 13.1. The van der Waals surface area contributed by atoms with Crippen molar-refractivity contribution >= 4 is 23.4 Å². The van der Waals surface area contributed by atoms with Crippen LogP contribution in [0.5, 0.6) is 0 Å². The lowest BCUT2D eigenvalue weighted by molar-refractivity contribution is -0.129. The molecule has 100 valence electrons. The van der Waals surface area contributed by atoms with Crippen LogP contribution in [0.15, 0.2) is 59.5 Å². The highest BCUT2D eigenvalue weighted by Gasteiger charge is 2.41. The zero-order valence-electron chi connectivity index (χ0n) is 9.69. The van der Waals surface area contributed by atoms with Gasteiger partial charge in [0.1, 0.15) is 5.25 Å². The number of hydrogen-bond donors (Lipinski definition) is 0. The van der Waals surface area contributed by atoms with E-state index in [9.17, 15) is 13.2 Å². The van der Waals surface area contributed by atoms with E-state index in [2.05, 4.69) is 0 Å². The van der Waals surface area contributed by atoms with Gasteiger partial charge in [-0.3, -0.25) is 0 Å². The minimum absolute atomic E-state index is 0.245. The zero-order chi connectivity index (χ0) is 13.9. The smallest absolute Gasteiger partial charge is 0.169 e. The Kier molecular flexibility index (Phi) is 4.42. The quantitative estimate of drug-likeness (QED) is 0.652. The molecule has 1 unspecified atom stereocenters. The highest BCUT2D eigenvalue weighted by molar-refractivity contribution is 7.99. The minimum Gasteiger partial charge on any atom is -0.169 e. The second kappa shape index (κ2) is 5.88. The van der Waals surface area contributed by atoms with Gasteiger partial charge in [-0.25, -0.2) is 0 Å². The van der Waals surface area contributed by atoms with E-state index < -0.39 is 11.4 Å². The van der Waals surface area contributed by atoms with Gasteiger partial charge in [-0.2, -0.15) is 13.2 Å². The molecule has 0 bridgehead atoms. The van der Waals surface area contributed by atoms with E-state index in [4.69, 9.17) is 11.6 Å². The standard InChI is InChI=1S/C14H10ClF3S/c15-11-6-8-12(9-7-11)19-13(14(16,17)18)10-4-2-1-3-5-10/h1-9,13H. The van der Waals surface area contributed by atoms with Crippen molar-refractivity contribution in [3.8, 4) is 0 Å². The fourth-order valence-corrected chi connectivity index (χ4v) is 2.72. The molecular weight excluding hydrogens is 293 g/mol. The maximum Gasteiger partial charge on any atom is 0.404 e. The van der Waals surface area contributed by atoms with Gasteiger partial charge in [-0.1, -0.05) is 41.9 Å². The van der Waals surface area contributed by atoms with E-state index in [1.54, 1.807) is 42.5 Å². The molecular formula is C14H10ClF3S. The van der Waals surface area contributed by atoms with E-state index in [1.807, 2.05) is 0 Å². The molecule has 0 aromatic heterocycles. The van der Waals surface area contributed by atoms with Crippen LogP contribution in [0.3, 0.4) is 0 Å². The fourth-order valence-electron chi connectivity index (χ4n) is 1.60. The van der Waals surface area contributed by atoms with Gasteiger partial charge in [0, 0.05) is 9.92 Å². The SMILES string of the molecule is FC(F)(F)C(Sc1ccc(Cl)cc1)c1ccccc1. The lowest BCUT2D eigenvalue weighted by Crippen LogP contribution is -2.17. The third kappa shape index (κ3) is 3.91. The van der Waals surface area contributed by atoms with Gasteiger partial charge in [-0.05, 0) is 29.8 Å². The summed E-state index contributed by atoms with van der Waals surface area (Å²) in [7, 11) is 0. The maximum absolute atomic E-state index is 13.1. The van der Waals surface area contributed by atoms with Crippen molar-refractivity contribution in [2.45, 2.75) is 16.3 Å². The molecule has 19 heavy (non-hydrogen) atoms. The van der Waals surface area contributed by atoms with Crippen LogP contribution < -0.4 is 0 Å². The molecule has 2 aromatic rings. The van der Waals surface area contributed by atoms with Crippen molar-refractivity contribution in [1.29, 1.82) is 0 Å². The Morgan fingerprint density at radius 3 is 2.00 bits per heavy atom. The Labute approximate surface area is 118 Å². The Morgan fingerprint density at radius 2 is 1.47 bits per heavy atom. The molecule has 0 radical (unpaired) electrons. The number of alkyl halides is 3. The first kappa shape index (κ1) is 14.3. The summed E-state index contributed by atoms with van der Waals surface area (Å²) in [5, 5.41) is -1.07. The predicted molar refractivity (Wildman–Crippen MR) is 72.5 cm³/mol. The third-order valence-corrected chi connectivity index (χ3v) is 4.04. The average molecular weight is 303 g/mol. The van der Waals surface area contributed by atoms with Crippen molar-refractivity contribution in [3.05, 3.63) is 65.2 Å². The first-order valence-corrected chi connectivity index (χ1v) is 6.76. The normalized spacial score (nSPS) is 13.3. The van der Waals surface area contributed by atoms with Gasteiger partial charge < -0.3 is 0 Å². The van der Waals surface area contributed by atoms with Gasteiger partial charge in [0.15, 0.2) is 0 Å². The van der Waals surface area contributed by atoms with Crippen LogP contribution in [0, 0.1) is 0 Å². The minimum atomic E-state index is -4.30. The van der Waals surface area contributed by atoms with Gasteiger partial charge in [-0.15, -0.1) is 11.8 Å². The molecule has 0 heterocycles. The molecule has 0 aliphatic heterocycles. The Morgan fingerprint density at radius 1 is 0.895 bits per heavy atom. The predicted octanol–water partition coefficient (Wildman–Crippen LogP) is 5.74. The lowest BCUT2D eigenvalue weighted by atomic mass is 10.1. The monoisotopic (exact) mass is 302 g/mol. The number of benzene rings is 2. The summed E-state index contributed by atoms with van der Waals surface area (Å²) in [5.41, 5.74) is 0.245. The second-order valence-electron chi connectivity index (χ2n) is 3.90. The highest BCUT2D eigenvalue weighted by atomic mass is 35.5. The molecule has 0 aliphatic carbocycles. The highest BCUT2D eigenvalue weighted by Crippen LogP contribution is 2.46. The summed E-state index contributed by atoms with van der Waals surface area (Å²) in [4.78, 5) is 0.538. The van der Waals surface area contributed by atoms with Crippen molar-refractivity contribution < 1.29 is 13.2 Å². The van der Waals surface area contributed by atoms with Crippen LogP contribution in [0.2, 0.25) is 5.02 Å². The summed E-state index contributed by atoms with van der Waals surface area (Å²) in [6.45, 7) is 0. The van der Waals surface area contributed by atoms with E-state index in [-0.39, 0.29) is 5.56 Å². The lowest BCUT2D eigenvalue weighted by Gasteiger charge is -2.20. The molecule has 5 heteroatoms. The van der Waals surface area contributed by atoms with Crippen molar-refractivity contribution in [2.75, 3.05) is 0 Å². The van der Waals surface area contributed by atoms with Crippen LogP contribution in [0.4, 0.5) is 13.2 Å². The zero-order valence-corrected chi connectivity index (χ0v) is 11.3. The molecule has 0 fully saturated rings. The van der Waals surface area contributed by atoms with E-state index >= 15 is 0 Å². The molecule has 0 spiro atoms.